The van der Waals surface area contributed by atoms with Crippen LogP contribution in [0.5, 0.6) is 0 Å². The maximum absolute atomic E-state index is 12.1. The average Bonchev–Trinajstić information content (AvgIpc) is 2.97. The summed E-state index contributed by atoms with van der Waals surface area (Å²) in [5.74, 6) is 5.93. The van der Waals surface area contributed by atoms with Crippen LogP contribution in [0.3, 0.4) is 0 Å². The highest BCUT2D eigenvalue weighted by Gasteiger charge is 2.12. The Balaban J connectivity index is 1.63. The number of hydrogen-bond donors (Lipinski definition) is 2. The quantitative estimate of drug-likeness (QED) is 0.458. The summed E-state index contributed by atoms with van der Waals surface area (Å²) in [6, 6.07) is 15.0. The van der Waals surface area contributed by atoms with Gasteiger partial charge in [-0.25, -0.2) is 9.66 Å². The Hall–Kier alpha value is -1.96. The number of halogens is 2. The Morgan fingerprint density at radius 3 is 2.76 bits per heavy atom. The number of amides is 1. The first-order chi connectivity index (χ1) is 12.0. The lowest BCUT2D eigenvalue weighted by Crippen LogP contribution is -2.16. The summed E-state index contributed by atoms with van der Waals surface area (Å²) in [5.41, 5.74) is 2.30. The Morgan fingerprint density at radius 2 is 2.04 bits per heavy atom. The number of nitrogens with one attached hydrogen (secondary N) is 1. The van der Waals surface area contributed by atoms with Gasteiger partial charge in [-0.05, 0) is 18.2 Å². The largest absolute Gasteiger partial charge is 0.337 e. The molecule has 0 saturated heterocycles. The van der Waals surface area contributed by atoms with Gasteiger partial charge in [0.15, 0.2) is 5.16 Å². The van der Waals surface area contributed by atoms with Crippen molar-refractivity contribution in [2.24, 2.45) is 0 Å². The van der Waals surface area contributed by atoms with Gasteiger partial charge in [-0.15, -0.1) is 0 Å². The highest BCUT2D eigenvalue weighted by molar-refractivity contribution is 9.10. The molecule has 1 amide bonds. The van der Waals surface area contributed by atoms with Crippen LogP contribution in [0.25, 0.3) is 11.3 Å². The zero-order chi connectivity index (χ0) is 17.8. The summed E-state index contributed by atoms with van der Waals surface area (Å²) >= 11 is 10.7. The molecule has 0 fully saturated rings. The van der Waals surface area contributed by atoms with E-state index in [1.165, 1.54) is 16.4 Å². The fourth-order valence-corrected chi connectivity index (χ4v) is 3.56. The van der Waals surface area contributed by atoms with E-state index in [9.17, 15) is 4.79 Å². The van der Waals surface area contributed by atoms with E-state index in [1.54, 1.807) is 18.3 Å². The number of nitrogen functional groups attached to an aromatic ring is 1. The number of anilines is 1. The minimum Gasteiger partial charge on any atom is -0.337 e. The second-order valence-electron chi connectivity index (χ2n) is 5.14. The number of benzene rings is 2. The fourth-order valence-electron chi connectivity index (χ4n) is 2.14. The molecule has 1 heterocycles. The number of thioether (sulfide) groups is 1. The second kappa shape index (κ2) is 7.95. The third-order valence-electron chi connectivity index (χ3n) is 3.31. The second-order valence-corrected chi connectivity index (χ2v) is 7.41. The number of nitrogens with two attached hydrogens (primary N) is 1. The van der Waals surface area contributed by atoms with E-state index in [4.69, 9.17) is 17.4 Å². The molecule has 128 valence electrons. The van der Waals surface area contributed by atoms with Crippen molar-refractivity contribution in [2.45, 2.75) is 5.16 Å². The number of aromatic nitrogens is 2. The van der Waals surface area contributed by atoms with Gasteiger partial charge in [0.05, 0.1) is 28.4 Å². The number of nitrogens with zero attached hydrogens (tertiary/aromatic N) is 2. The summed E-state index contributed by atoms with van der Waals surface area (Å²) in [6.45, 7) is 0. The van der Waals surface area contributed by atoms with Crippen LogP contribution in [0, 0.1) is 0 Å². The van der Waals surface area contributed by atoms with Crippen LogP contribution in [0.15, 0.2) is 64.4 Å². The predicted molar refractivity (Wildman–Crippen MR) is 106 cm³/mol. The van der Waals surface area contributed by atoms with E-state index in [-0.39, 0.29) is 11.7 Å². The van der Waals surface area contributed by atoms with E-state index in [1.807, 2.05) is 36.4 Å². The highest BCUT2D eigenvalue weighted by Crippen LogP contribution is 2.26. The zero-order valence-electron chi connectivity index (χ0n) is 12.9. The van der Waals surface area contributed by atoms with Gasteiger partial charge in [0, 0.05) is 10.0 Å². The minimum atomic E-state index is -0.182. The highest BCUT2D eigenvalue weighted by atomic mass is 79.9. The molecular formula is C17H14BrClN4OS. The third-order valence-corrected chi connectivity index (χ3v) is 5.08. The van der Waals surface area contributed by atoms with Crippen molar-refractivity contribution in [2.75, 3.05) is 16.9 Å². The van der Waals surface area contributed by atoms with Crippen LogP contribution in [0.2, 0.25) is 5.02 Å². The van der Waals surface area contributed by atoms with Crippen LogP contribution in [0.1, 0.15) is 0 Å². The molecule has 0 aliphatic rings. The van der Waals surface area contributed by atoms with Crippen molar-refractivity contribution in [3.05, 3.63) is 64.2 Å². The monoisotopic (exact) mass is 436 g/mol. The minimum absolute atomic E-state index is 0.175. The van der Waals surface area contributed by atoms with E-state index < -0.39 is 0 Å². The van der Waals surface area contributed by atoms with Crippen LogP contribution < -0.4 is 11.2 Å². The van der Waals surface area contributed by atoms with Crippen molar-refractivity contribution in [1.29, 1.82) is 0 Å². The van der Waals surface area contributed by atoms with E-state index in [2.05, 4.69) is 26.2 Å². The summed E-state index contributed by atoms with van der Waals surface area (Å²) in [7, 11) is 0. The Labute approximate surface area is 162 Å². The van der Waals surface area contributed by atoms with Crippen molar-refractivity contribution in [3.63, 3.8) is 0 Å². The molecule has 0 saturated carbocycles. The Bertz CT molecular complexity index is 901. The Morgan fingerprint density at radius 1 is 1.28 bits per heavy atom. The molecule has 2 aromatic carbocycles. The maximum Gasteiger partial charge on any atom is 0.234 e. The molecule has 3 N–H and O–H groups in total. The summed E-state index contributed by atoms with van der Waals surface area (Å²) in [5, 5.41) is 3.81. The topological polar surface area (TPSA) is 72.9 Å². The van der Waals surface area contributed by atoms with Gasteiger partial charge in [0.2, 0.25) is 5.91 Å². The first-order valence-corrected chi connectivity index (χ1v) is 9.46. The molecule has 8 heteroatoms. The van der Waals surface area contributed by atoms with E-state index in [0.29, 0.717) is 15.9 Å². The number of carbonyl (C=O) groups excluding carboxylic acids is 1. The van der Waals surface area contributed by atoms with Gasteiger partial charge in [-0.1, -0.05) is 69.6 Å². The first kappa shape index (κ1) is 17.8. The molecule has 25 heavy (non-hydrogen) atoms. The standard InChI is InChI=1S/C17H14BrClN4OS/c18-12-6-7-14(13(19)8-12)21-16(24)10-25-17-22-15(9-23(17)20)11-4-2-1-3-5-11/h1-9H,10,20H2,(H,21,24). The smallest absolute Gasteiger partial charge is 0.234 e. The summed E-state index contributed by atoms with van der Waals surface area (Å²) in [4.78, 5) is 16.6. The fraction of sp³-hybridized carbons (Fsp3) is 0.0588. The van der Waals surface area contributed by atoms with Crippen molar-refractivity contribution >= 4 is 50.9 Å². The normalized spacial score (nSPS) is 10.6. The van der Waals surface area contributed by atoms with Crippen LogP contribution in [0.4, 0.5) is 5.69 Å². The number of hydrogen-bond acceptors (Lipinski definition) is 4. The van der Waals surface area contributed by atoms with Crippen molar-refractivity contribution < 1.29 is 4.79 Å². The summed E-state index contributed by atoms with van der Waals surface area (Å²) < 4.78 is 2.27. The van der Waals surface area contributed by atoms with Crippen LogP contribution >= 0.6 is 39.3 Å². The number of imidazole rings is 1. The molecular weight excluding hydrogens is 424 g/mol. The molecule has 0 radical (unpaired) electrons. The molecule has 1 aromatic heterocycles. The molecule has 0 aliphatic heterocycles. The van der Waals surface area contributed by atoms with Gasteiger partial charge in [0.25, 0.3) is 0 Å². The van der Waals surface area contributed by atoms with Crippen molar-refractivity contribution in [1.82, 2.24) is 9.66 Å². The SMILES string of the molecule is Nn1cc(-c2ccccc2)nc1SCC(=O)Nc1ccc(Br)cc1Cl. The predicted octanol–water partition coefficient (Wildman–Crippen LogP) is 4.41. The van der Waals surface area contributed by atoms with Gasteiger partial charge in [-0.2, -0.15) is 0 Å². The lowest BCUT2D eigenvalue weighted by Gasteiger charge is -2.07. The van der Waals surface area contributed by atoms with Gasteiger partial charge in [-0.3, -0.25) is 4.79 Å². The molecule has 0 bridgehead atoms. The molecule has 0 spiro atoms. The summed E-state index contributed by atoms with van der Waals surface area (Å²) in [6.07, 6.45) is 1.74. The molecule has 0 aliphatic carbocycles. The van der Waals surface area contributed by atoms with Gasteiger partial charge < -0.3 is 11.2 Å². The van der Waals surface area contributed by atoms with Crippen LogP contribution in [-0.2, 0) is 4.79 Å². The maximum atomic E-state index is 12.1. The van der Waals surface area contributed by atoms with Gasteiger partial charge >= 0.3 is 0 Å². The molecule has 3 aromatic rings. The van der Waals surface area contributed by atoms with E-state index >= 15 is 0 Å². The van der Waals surface area contributed by atoms with Crippen LogP contribution in [-0.4, -0.2) is 21.3 Å². The Kier molecular flexibility index (Phi) is 5.67. The lowest BCUT2D eigenvalue weighted by molar-refractivity contribution is -0.113. The van der Waals surface area contributed by atoms with Crippen molar-refractivity contribution in [3.8, 4) is 11.3 Å². The van der Waals surface area contributed by atoms with Gasteiger partial charge in [0.1, 0.15) is 0 Å². The zero-order valence-corrected chi connectivity index (χ0v) is 16.1. The third kappa shape index (κ3) is 4.56. The first-order valence-electron chi connectivity index (χ1n) is 7.30. The average molecular weight is 438 g/mol. The molecule has 0 unspecified atom stereocenters. The number of carbonyl (C=O) groups is 1. The molecule has 3 rings (SSSR count). The molecule has 0 atom stereocenters. The molecule has 5 nitrogen and oxygen atoms in total. The lowest BCUT2D eigenvalue weighted by atomic mass is 10.2. The van der Waals surface area contributed by atoms with E-state index in [0.717, 1.165) is 15.7 Å². The number of rotatable bonds is 5.